The molecule has 0 amide bonds. The highest BCUT2D eigenvalue weighted by Gasteiger charge is 2.23. The number of carbonyl (C=O) groups excluding carboxylic acids is 2. The molecule has 11 heteroatoms. The topological polar surface area (TPSA) is 117 Å². The first-order valence-electron chi connectivity index (χ1n) is 6.71. The molecule has 0 atom stereocenters. The van der Waals surface area contributed by atoms with Crippen molar-refractivity contribution in [1.82, 2.24) is 9.97 Å². The van der Waals surface area contributed by atoms with Gasteiger partial charge in [-0.15, -0.1) is 24.0 Å². The van der Waals surface area contributed by atoms with Crippen molar-refractivity contribution in [1.29, 1.82) is 0 Å². The summed E-state index contributed by atoms with van der Waals surface area (Å²) in [5.74, 6) is -1.56. The predicted octanol–water partition coefficient (Wildman–Crippen LogP) is 2.50. The molecule has 0 aliphatic rings. The Hall–Kier alpha value is -2.50. The minimum absolute atomic E-state index is 0.111. The highest BCUT2D eigenvalue weighted by Crippen LogP contribution is 2.31. The van der Waals surface area contributed by atoms with Crippen molar-refractivity contribution < 1.29 is 19.2 Å². The number of hydrogen-bond acceptors (Lipinski definition) is 11. The maximum absolute atomic E-state index is 12.4. The maximum atomic E-state index is 12.4. The number of thiol groups is 1. The second kappa shape index (κ2) is 7.17. The number of hydrogen-bond donors (Lipinski definition) is 2. The summed E-state index contributed by atoms with van der Waals surface area (Å²) in [6.07, 6.45) is 0. The molecule has 2 N–H and O–H groups in total. The number of nitrogens with two attached hydrogens (primary N) is 1. The van der Waals surface area contributed by atoms with Crippen LogP contribution in [0.15, 0.2) is 33.6 Å². The molecule has 0 radical (unpaired) electrons. The van der Waals surface area contributed by atoms with Crippen LogP contribution < -0.4 is 10.5 Å². The molecule has 0 saturated carbocycles. The van der Waals surface area contributed by atoms with Gasteiger partial charge in [0, 0.05) is 17.2 Å². The van der Waals surface area contributed by atoms with E-state index >= 15 is 0 Å². The van der Waals surface area contributed by atoms with Gasteiger partial charge < -0.3 is 15.3 Å². The zero-order chi connectivity index (χ0) is 18.0. The molecule has 1 aromatic carbocycles. The molecule has 8 nitrogen and oxygen atoms in total. The Bertz CT molecular complexity index is 995. The van der Waals surface area contributed by atoms with Crippen LogP contribution in [-0.2, 0) is 14.4 Å². The highest BCUT2D eigenvalue weighted by molar-refractivity contribution is 7.80. The quantitative estimate of drug-likeness (QED) is 0.229. The Morgan fingerprint density at radius 1 is 1.32 bits per heavy atom. The second-order valence-corrected chi connectivity index (χ2v) is 6.95. The summed E-state index contributed by atoms with van der Waals surface area (Å²) < 4.78 is 6.06. The van der Waals surface area contributed by atoms with Crippen molar-refractivity contribution in [3.63, 3.8) is 0 Å². The van der Waals surface area contributed by atoms with E-state index in [1.807, 2.05) is 12.1 Å². The standard InChI is InChI=1S/C14H10N4O4S3/c1-6(19)22-18-10(7-5-24-13(15)16-7)12(20)21-14-17-11-8(23)3-2-4-9(11)25-14/h2-5,23H,1H3,(H2,15,16). The lowest BCUT2D eigenvalue weighted by molar-refractivity contribution is -0.141. The summed E-state index contributed by atoms with van der Waals surface area (Å²) in [6, 6.07) is 5.43. The minimum atomic E-state index is -0.869. The Balaban J connectivity index is 1.90. The van der Waals surface area contributed by atoms with Gasteiger partial charge in [-0.05, 0) is 12.1 Å². The van der Waals surface area contributed by atoms with E-state index in [9.17, 15) is 9.59 Å². The van der Waals surface area contributed by atoms with E-state index in [0.29, 0.717) is 10.4 Å². The molecule has 128 valence electrons. The first kappa shape index (κ1) is 17.3. The molecule has 0 spiro atoms. The lowest BCUT2D eigenvalue weighted by atomic mass is 10.3. The van der Waals surface area contributed by atoms with E-state index in [2.05, 4.69) is 32.6 Å². The zero-order valence-electron chi connectivity index (χ0n) is 12.6. The molecule has 0 aliphatic heterocycles. The molecule has 0 unspecified atom stereocenters. The van der Waals surface area contributed by atoms with Crippen LogP contribution in [0.1, 0.15) is 12.6 Å². The second-order valence-electron chi connectivity index (χ2n) is 4.59. The third kappa shape index (κ3) is 3.95. The number of thiazole rings is 2. The number of nitrogen functional groups attached to an aromatic ring is 1. The van der Waals surface area contributed by atoms with Gasteiger partial charge in [0.15, 0.2) is 5.13 Å². The van der Waals surface area contributed by atoms with E-state index in [-0.39, 0.29) is 21.7 Å². The third-order valence-electron chi connectivity index (χ3n) is 2.78. The maximum Gasteiger partial charge on any atom is 0.370 e. The summed E-state index contributed by atoms with van der Waals surface area (Å²) in [6.45, 7) is 1.16. The van der Waals surface area contributed by atoms with E-state index < -0.39 is 11.9 Å². The SMILES string of the molecule is CC(=O)ON=C(C(=O)Oc1nc2c(S)cccc2s1)c1csc(N)n1. The fourth-order valence-corrected chi connectivity index (χ4v) is 3.50. The number of carbonyl (C=O) groups is 2. The number of anilines is 1. The lowest BCUT2D eigenvalue weighted by Crippen LogP contribution is -2.23. The van der Waals surface area contributed by atoms with Gasteiger partial charge in [-0.3, -0.25) is 0 Å². The molecule has 25 heavy (non-hydrogen) atoms. The van der Waals surface area contributed by atoms with Gasteiger partial charge in [0.05, 0.1) is 10.2 Å². The van der Waals surface area contributed by atoms with Crippen LogP contribution >= 0.6 is 35.3 Å². The van der Waals surface area contributed by atoms with Crippen molar-refractivity contribution in [2.45, 2.75) is 11.8 Å². The number of ether oxygens (including phenoxy) is 1. The largest absolute Gasteiger partial charge is 0.393 e. The molecule has 0 aliphatic carbocycles. The molecule has 2 aromatic heterocycles. The fraction of sp³-hybridized carbons (Fsp3) is 0.0714. The third-order valence-corrected chi connectivity index (χ3v) is 4.71. The summed E-state index contributed by atoms with van der Waals surface area (Å²) in [5, 5.41) is 5.37. The molecular weight excluding hydrogens is 384 g/mol. The number of oxime groups is 1. The van der Waals surface area contributed by atoms with E-state index in [4.69, 9.17) is 10.5 Å². The first-order valence-corrected chi connectivity index (χ1v) is 8.86. The monoisotopic (exact) mass is 394 g/mol. The summed E-state index contributed by atoms with van der Waals surface area (Å²) >= 11 is 6.60. The Morgan fingerprint density at radius 2 is 2.12 bits per heavy atom. The van der Waals surface area contributed by atoms with Gasteiger partial charge in [0.1, 0.15) is 5.69 Å². The minimum Gasteiger partial charge on any atom is -0.393 e. The van der Waals surface area contributed by atoms with Gasteiger partial charge in [-0.25, -0.2) is 19.6 Å². The average Bonchev–Trinajstić information content (AvgIpc) is 3.14. The molecule has 0 bridgehead atoms. The van der Waals surface area contributed by atoms with Crippen LogP contribution in [0.2, 0.25) is 0 Å². The summed E-state index contributed by atoms with van der Waals surface area (Å²) in [7, 11) is 0. The molecule has 0 fully saturated rings. The highest BCUT2D eigenvalue weighted by atomic mass is 32.1. The predicted molar refractivity (Wildman–Crippen MR) is 97.3 cm³/mol. The number of fused-ring (bicyclic) bond motifs is 1. The van der Waals surface area contributed by atoms with Crippen molar-refractivity contribution >= 4 is 68.3 Å². The van der Waals surface area contributed by atoms with Gasteiger partial charge in [0.25, 0.3) is 5.19 Å². The van der Waals surface area contributed by atoms with Gasteiger partial charge in [-0.2, -0.15) is 0 Å². The number of rotatable bonds is 4. The molecule has 2 heterocycles. The summed E-state index contributed by atoms with van der Waals surface area (Å²) in [5.41, 5.74) is 6.05. The number of aromatic nitrogens is 2. The molecule has 3 rings (SSSR count). The van der Waals surface area contributed by atoms with Crippen molar-refractivity contribution in [3.8, 4) is 5.19 Å². The van der Waals surface area contributed by atoms with Crippen molar-refractivity contribution in [2.24, 2.45) is 5.16 Å². The zero-order valence-corrected chi connectivity index (χ0v) is 15.2. The number of nitrogens with zero attached hydrogens (tertiary/aromatic N) is 3. The normalized spacial score (nSPS) is 11.5. The Labute approximate surface area is 154 Å². The summed E-state index contributed by atoms with van der Waals surface area (Å²) in [4.78, 5) is 36.8. The van der Waals surface area contributed by atoms with Gasteiger partial charge in [-0.1, -0.05) is 22.6 Å². The van der Waals surface area contributed by atoms with Gasteiger partial charge >= 0.3 is 11.9 Å². The Kier molecular flexibility index (Phi) is 4.97. The number of benzene rings is 1. The van der Waals surface area contributed by atoms with Crippen LogP contribution in [0.3, 0.4) is 0 Å². The lowest BCUT2D eigenvalue weighted by Gasteiger charge is -2.01. The molecule has 3 aromatic rings. The smallest absolute Gasteiger partial charge is 0.370 e. The fourth-order valence-electron chi connectivity index (χ4n) is 1.78. The van der Waals surface area contributed by atoms with Crippen LogP contribution in [0.4, 0.5) is 5.13 Å². The number of para-hydroxylation sites is 1. The molecule has 0 saturated heterocycles. The Morgan fingerprint density at radius 3 is 2.76 bits per heavy atom. The molecular formula is C14H10N4O4S3. The van der Waals surface area contributed by atoms with E-state index in [1.165, 1.54) is 16.7 Å². The van der Waals surface area contributed by atoms with E-state index in [1.54, 1.807) is 6.07 Å². The van der Waals surface area contributed by atoms with Crippen LogP contribution in [0, 0.1) is 0 Å². The average molecular weight is 394 g/mol. The first-order chi connectivity index (χ1) is 11.9. The van der Waals surface area contributed by atoms with Crippen LogP contribution in [0.5, 0.6) is 5.19 Å². The van der Waals surface area contributed by atoms with Crippen molar-refractivity contribution in [3.05, 3.63) is 29.3 Å². The van der Waals surface area contributed by atoms with E-state index in [0.717, 1.165) is 23.0 Å². The van der Waals surface area contributed by atoms with Crippen LogP contribution in [0.25, 0.3) is 10.2 Å². The van der Waals surface area contributed by atoms with Gasteiger partial charge in [0.2, 0.25) is 5.71 Å². The van der Waals surface area contributed by atoms with Crippen LogP contribution in [-0.4, -0.2) is 27.6 Å². The number of esters is 1. The van der Waals surface area contributed by atoms with Crippen molar-refractivity contribution in [2.75, 3.05) is 5.73 Å².